The van der Waals surface area contributed by atoms with E-state index in [0.717, 1.165) is 37.9 Å². The number of aryl methyl sites for hydroxylation is 2. The molecule has 2 aromatic rings. The zero-order chi connectivity index (χ0) is 19.6. The topological polar surface area (TPSA) is 84.5 Å². The number of benzene rings is 1. The van der Waals surface area contributed by atoms with Crippen molar-refractivity contribution in [1.82, 2.24) is 14.0 Å². The van der Waals surface area contributed by atoms with Gasteiger partial charge in [0.2, 0.25) is 5.91 Å². The van der Waals surface area contributed by atoms with Crippen LogP contribution in [0.1, 0.15) is 49.9 Å². The Kier molecular flexibility index (Phi) is 5.68. The van der Waals surface area contributed by atoms with E-state index in [-0.39, 0.29) is 30.1 Å². The summed E-state index contributed by atoms with van der Waals surface area (Å²) in [5, 5.41) is 9.29. The summed E-state index contributed by atoms with van der Waals surface area (Å²) in [4.78, 5) is 38.5. The normalized spacial score (nSPS) is 14.4. The number of carboxylic acid groups (broad SMARTS) is 1. The molecule has 0 atom stereocenters. The lowest BCUT2D eigenvalue weighted by Crippen LogP contribution is -2.31. The van der Waals surface area contributed by atoms with Crippen LogP contribution in [0.15, 0.2) is 23.0 Å². The smallest absolute Gasteiger partial charge is 0.335 e. The lowest BCUT2D eigenvalue weighted by molar-refractivity contribution is -0.130. The number of amides is 1. The van der Waals surface area contributed by atoms with Gasteiger partial charge in [-0.2, -0.15) is 0 Å². The lowest BCUT2D eigenvalue weighted by atomic mass is 10.1. The maximum absolute atomic E-state index is 13.0. The molecule has 7 heteroatoms. The predicted molar refractivity (Wildman–Crippen MR) is 103 cm³/mol. The van der Waals surface area contributed by atoms with Gasteiger partial charge in [0.05, 0.1) is 16.6 Å². The van der Waals surface area contributed by atoms with Crippen LogP contribution < -0.4 is 5.69 Å². The highest BCUT2D eigenvalue weighted by Crippen LogP contribution is 2.18. The molecule has 0 radical (unpaired) electrons. The van der Waals surface area contributed by atoms with Crippen molar-refractivity contribution in [2.24, 2.45) is 5.92 Å². The average molecular weight is 373 g/mol. The Labute approximate surface area is 158 Å². The second-order valence-electron chi connectivity index (χ2n) is 7.61. The minimum Gasteiger partial charge on any atom is -0.478 e. The number of rotatable bonds is 7. The molecule has 1 fully saturated rings. The summed E-state index contributed by atoms with van der Waals surface area (Å²) in [6.07, 6.45) is 3.16. The molecule has 0 aliphatic carbocycles. The first-order valence-electron chi connectivity index (χ1n) is 9.62. The number of carbonyl (C=O) groups is 2. The van der Waals surface area contributed by atoms with Crippen molar-refractivity contribution < 1.29 is 14.7 Å². The van der Waals surface area contributed by atoms with E-state index in [1.165, 1.54) is 12.1 Å². The van der Waals surface area contributed by atoms with Crippen molar-refractivity contribution in [2.45, 2.75) is 52.6 Å². The maximum Gasteiger partial charge on any atom is 0.335 e. The number of aromatic carboxylic acids is 1. The molecule has 27 heavy (non-hydrogen) atoms. The summed E-state index contributed by atoms with van der Waals surface area (Å²) in [5.41, 5.74) is 1.27. The highest BCUT2D eigenvalue weighted by atomic mass is 16.4. The predicted octanol–water partition coefficient (Wildman–Crippen LogP) is 2.56. The summed E-state index contributed by atoms with van der Waals surface area (Å²) in [6, 6.07) is 4.75. The van der Waals surface area contributed by atoms with Crippen molar-refractivity contribution in [3.63, 3.8) is 0 Å². The monoisotopic (exact) mass is 373 g/mol. The van der Waals surface area contributed by atoms with Gasteiger partial charge in [-0.15, -0.1) is 0 Å². The van der Waals surface area contributed by atoms with Crippen LogP contribution in [0.25, 0.3) is 11.0 Å². The van der Waals surface area contributed by atoms with E-state index in [2.05, 4.69) is 13.8 Å². The third-order valence-corrected chi connectivity index (χ3v) is 5.20. The molecule has 7 nitrogen and oxygen atoms in total. The van der Waals surface area contributed by atoms with Gasteiger partial charge in [-0.25, -0.2) is 9.59 Å². The van der Waals surface area contributed by atoms with Crippen molar-refractivity contribution in [1.29, 1.82) is 0 Å². The Morgan fingerprint density at radius 1 is 1.07 bits per heavy atom. The Hall–Kier alpha value is -2.57. The molecule has 1 aromatic heterocycles. The highest BCUT2D eigenvalue weighted by Gasteiger charge is 2.20. The number of fused-ring (bicyclic) bond motifs is 1. The third kappa shape index (κ3) is 4.07. The first-order valence-corrected chi connectivity index (χ1v) is 9.62. The van der Waals surface area contributed by atoms with Gasteiger partial charge < -0.3 is 10.0 Å². The molecule has 1 aliphatic rings. The first kappa shape index (κ1) is 19.2. The first-order chi connectivity index (χ1) is 12.9. The van der Waals surface area contributed by atoms with E-state index in [1.54, 1.807) is 15.2 Å². The number of carboxylic acids is 1. The van der Waals surface area contributed by atoms with Crippen LogP contribution in [0.4, 0.5) is 0 Å². The molecule has 1 N–H and O–H groups in total. The van der Waals surface area contributed by atoms with Gasteiger partial charge in [0.25, 0.3) is 0 Å². The molecule has 0 bridgehead atoms. The van der Waals surface area contributed by atoms with Gasteiger partial charge in [0.1, 0.15) is 0 Å². The van der Waals surface area contributed by atoms with E-state index in [1.807, 2.05) is 4.90 Å². The largest absolute Gasteiger partial charge is 0.478 e. The fourth-order valence-electron chi connectivity index (χ4n) is 3.60. The summed E-state index contributed by atoms with van der Waals surface area (Å²) in [7, 11) is 0. The van der Waals surface area contributed by atoms with Crippen LogP contribution in [0.5, 0.6) is 0 Å². The summed E-state index contributed by atoms with van der Waals surface area (Å²) in [5.74, 6) is -0.527. The van der Waals surface area contributed by atoms with Gasteiger partial charge in [-0.3, -0.25) is 13.9 Å². The molecule has 1 aromatic carbocycles. The lowest BCUT2D eigenvalue weighted by Gasteiger charge is -2.15. The van der Waals surface area contributed by atoms with Gasteiger partial charge in [-0.1, -0.05) is 13.8 Å². The average Bonchev–Trinajstić information content (AvgIpc) is 3.24. The Bertz CT molecular complexity index is 904. The molecule has 1 aliphatic heterocycles. The fourth-order valence-corrected chi connectivity index (χ4v) is 3.60. The standard InChI is InChI=1S/C20H27N3O4/c1-14(2)7-11-22-16-6-5-15(19(25)26)13-17(16)23(20(22)27)12-8-18(24)21-9-3-4-10-21/h5-6,13-14H,3-4,7-12H2,1-2H3,(H,25,26). The summed E-state index contributed by atoms with van der Waals surface area (Å²) in [6.45, 7) is 6.61. The summed E-state index contributed by atoms with van der Waals surface area (Å²) < 4.78 is 3.25. The van der Waals surface area contributed by atoms with Crippen molar-refractivity contribution in [3.8, 4) is 0 Å². The molecule has 3 rings (SSSR count). The van der Waals surface area contributed by atoms with Crippen molar-refractivity contribution in [3.05, 3.63) is 34.2 Å². The minimum atomic E-state index is -1.03. The van der Waals surface area contributed by atoms with Gasteiger partial charge in [0, 0.05) is 32.6 Å². The molecule has 1 saturated heterocycles. The number of nitrogens with zero attached hydrogens (tertiary/aromatic N) is 3. The molecule has 2 heterocycles. The van der Waals surface area contributed by atoms with E-state index < -0.39 is 5.97 Å². The van der Waals surface area contributed by atoms with Crippen molar-refractivity contribution >= 4 is 22.9 Å². The Morgan fingerprint density at radius 2 is 1.74 bits per heavy atom. The maximum atomic E-state index is 13.0. The Morgan fingerprint density at radius 3 is 2.37 bits per heavy atom. The number of imidazole rings is 1. The fraction of sp³-hybridized carbons (Fsp3) is 0.550. The van der Waals surface area contributed by atoms with Gasteiger partial charge >= 0.3 is 11.7 Å². The minimum absolute atomic E-state index is 0.0527. The second-order valence-corrected chi connectivity index (χ2v) is 7.61. The van der Waals surface area contributed by atoms with Crippen LogP contribution in [0, 0.1) is 5.92 Å². The van der Waals surface area contributed by atoms with Crippen LogP contribution in [-0.2, 0) is 17.9 Å². The highest BCUT2D eigenvalue weighted by molar-refractivity contribution is 5.92. The zero-order valence-electron chi connectivity index (χ0n) is 16.0. The number of hydrogen-bond donors (Lipinski definition) is 1. The molecule has 1 amide bonds. The quantitative estimate of drug-likeness (QED) is 0.808. The van der Waals surface area contributed by atoms with Crippen LogP contribution in [0.3, 0.4) is 0 Å². The molecule has 0 saturated carbocycles. The number of aromatic nitrogens is 2. The molecule has 146 valence electrons. The SMILES string of the molecule is CC(C)CCn1c(=O)n(CCC(=O)N2CCCC2)c2cc(C(=O)O)ccc21. The van der Waals surface area contributed by atoms with E-state index in [9.17, 15) is 19.5 Å². The van der Waals surface area contributed by atoms with Crippen molar-refractivity contribution in [2.75, 3.05) is 13.1 Å². The molecule has 0 spiro atoms. The molecular weight excluding hydrogens is 346 g/mol. The van der Waals surface area contributed by atoms with Gasteiger partial charge in [-0.05, 0) is 43.4 Å². The molecular formula is C20H27N3O4. The van der Waals surface area contributed by atoms with Crippen LogP contribution in [0.2, 0.25) is 0 Å². The summed E-state index contributed by atoms with van der Waals surface area (Å²) >= 11 is 0. The van der Waals surface area contributed by atoms with E-state index in [4.69, 9.17) is 0 Å². The number of likely N-dealkylation sites (tertiary alicyclic amines) is 1. The van der Waals surface area contributed by atoms with Crippen LogP contribution in [-0.4, -0.2) is 44.1 Å². The Balaban J connectivity index is 1.94. The number of hydrogen-bond acceptors (Lipinski definition) is 3. The third-order valence-electron chi connectivity index (χ3n) is 5.20. The number of carbonyl (C=O) groups excluding carboxylic acids is 1. The molecule has 0 unspecified atom stereocenters. The van der Waals surface area contributed by atoms with Crippen LogP contribution >= 0.6 is 0 Å². The van der Waals surface area contributed by atoms with Gasteiger partial charge in [0.15, 0.2) is 0 Å². The van der Waals surface area contributed by atoms with E-state index in [0.29, 0.717) is 18.0 Å². The zero-order valence-corrected chi connectivity index (χ0v) is 16.0. The second kappa shape index (κ2) is 7.98. The van der Waals surface area contributed by atoms with E-state index >= 15 is 0 Å².